The van der Waals surface area contributed by atoms with Crippen LogP contribution in [-0.4, -0.2) is 0 Å². The molecule has 0 bridgehead atoms. The highest BCUT2D eigenvalue weighted by Crippen LogP contribution is 2.47. The normalized spacial score (nSPS) is 18.0. The summed E-state index contributed by atoms with van der Waals surface area (Å²) >= 11 is 0. The summed E-state index contributed by atoms with van der Waals surface area (Å²) in [5, 5.41) is 0. The topological polar surface area (TPSA) is 0 Å². The van der Waals surface area contributed by atoms with Gasteiger partial charge >= 0.3 is 0 Å². The van der Waals surface area contributed by atoms with Crippen molar-refractivity contribution in [3.8, 4) is 11.1 Å². The van der Waals surface area contributed by atoms with Crippen molar-refractivity contribution in [2.75, 3.05) is 0 Å². The summed E-state index contributed by atoms with van der Waals surface area (Å²) in [7, 11) is 0. The van der Waals surface area contributed by atoms with Crippen LogP contribution in [0.3, 0.4) is 0 Å². The number of aryl methyl sites for hydroxylation is 2. The Balaban J connectivity index is 1.83. The number of unbranched alkanes of at least 4 members (excludes halogenated alkanes) is 1. The molecule has 1 unspecified atom stereocenters. The first-order valence-electron chi connectivity index (χ1n) is 11.0. The summed E-state index contributed by atoms with van der Waals surface area (Å²) in [6.07, 6.45) is 9.98. The van der Waals surface area contributed by atoms with Gasteiger partial charge in [-0.1, -0.05) is 88.6 Å². The van der Waals surface area contributed by atoms with Crippen LogP contribution >= 0.6 is 0 Å². The van der Waals surface area contributed by atoms with Crippen molar-refractivity contribution >= 4 is 5.57 Å². The Labute approximate surface area is 171 Å². The first-order chi connectivity index (χ1) is 13.3. The van der Waals surface area contributed by atoms with Gasteiger partial charge in [0.2, 0.25) is 0 Å². The lowest BCUT2D eigenvalue weighted by Gasteiger charge is -2.19. The average molecular weight is 371 g/mol. The van der Waals surface area contributed by atoms with Gasteiger partial charge in [0.1, 0.15) is 0 Å². The fourth-order valence-corrected chi connectivity index (χ4v) is 4.94. The maximum Gasteiger partial charge on any atom is 0.00302 e. The summed E-state index contributed by atoms with van der Waals surface area (Å²) in [6, 6.07) is 11.7. The van der Waals surface area contributed by atoms with E-state index in [4.69, 9.17) is 0 Å². The number of allylic oxidation sites excluding steroid dienone is 4. The molecule has 2 aliphatic rings. The average Bonchev–Trinajstić information content (AvgIpc) is 3.20. The summed E-state index contributed by atoms with van der Waals surface area (Å²) in [5.41, 5.74) is 13.5. The Morgan fingerprint density at radius 3 is 2.46 bits per heavy atom. The van der Waals surface area contributed by atoms with E-state index >= 15 is 0 Å². The number of hydrogen-bond acceptors (Lipinski definition) is 0. The van der Waals surface area contributed by atoms with E-state index in [-0.39, 0.29) is 5.41 Å². The monoisotopic (exact) mass is 370 g/mol. The molecule has 0 aliphatic heterocycles. The minimum Gasteiger partial charge on any atom is -0.0732 e. The predicted molar refractivity (Wildman–Crippen MR) is 123 cm³/mol. The predicted octanol–water partition coefficient (Wildman–Crippen LogP) is 8.05. The van der Waals surface area contributed by atoms with Crippen molar-refractivity contribution in [2.24, 2.45) is 11.3 Å². The molecule has 0 aromatic heterocycles. The minimum atomic E-state index is 0.206. The summed E-state index contributed by atoms with van der Waals surface area (Å²) < 4.78 is 0. The maximum absolute atomic E-state index is 2.57. The van der Waals surface area contributed by atoms with Crippen LogP contribution in [0, 0.1) is 25.2 Å². The zero-order chi connectivity index (χ0) is 20.1. The SMILES string of the molecule is CCCCC1C=C(C(C)(C)C)C=C1c1c(C)ccc2c1Cc1cc(C)ccc1-2. The van der Waals surface area contributed by atoms with Gasteiger partial charge in [-0.15, -0.1) is 0 Å². The number of rotatable bonds is 4. The van der Waals surface area contributed by atoms with E-state index in [0.29, 0.717) is 5.92 Å². The number of benzene rings is 2. The van der Waals surface area contributed by atoms with Crippen LogP contribution in [0.4, 0.5) is 0 Å². The second kappa shape index (κ2) is 7.07. The quantitative estimate of drug-likeness (QED) is 0.436. The zero-order valence-electron chi connectivity index (χ0n) is 18.4. The van der Waals surface area contributed by atoms with E-state index in [9.17, 15) is 0 Å². The third-order valence-electron chi connectivity index (χ3n) is 6.55. The van der Waals surface area contributed by atoms with Crippen LogP contribution in [-0.2, 0) is 6.42 Å². The standard InChI is InChI=1S/C28H34/c1-7-8-9-20-15-22(28(4,5)6)17-25(20)27-19(3)11-13-24-23-12-10-18(2)14-21(23)16-26(24)27/h10-15,17,20H,7-9,16H2,1-6H3. The smallest absolute Gasteiger partial charge is 0.00302 e. The molecule has 0 saturated carbocycles. The van der Waals surface area contributed by atoms with Crippen LogP contribution < -0.4 is 0 Å². The molecule has 2 aliphatic carbocycles. The van der Waals surface area contributed by atoms with Crippen LogP contribution in [0.5, 0.6) is 0 Å². The van der Waals surface area contributed by atoms with Crippen molar-refractivity contribution in [2.45, 2.75) is 67.2 Å². The van der Waals surface area contributed by atoms with E-state index in [1.807, 2.05) is 0 Å². The first-order valence-corrected chi connectivity index (χ1v) is 11.0. The Kier molecular flexibility index (Phi) is 4.86. The van der Waals surface area contributed by atoms with Gasteiger partial charge in [0.25, 0.3) is 0 Å². The van der Waals surface area contributed by atoms with E-state index in [0.717, 1.165) is 6.42 Å². The molecular weight excluding hydrogens is 336 g/mol. The van der Waals surface area contributed by atoms with Gasteiger partial charge < -0.3 is 0 Å². The second-order valence-electron chi connectivity index (χ2n) is 9.84. The zero-order valence-corrected chi connectivity index (χ0v) is 18.4. The fourth-order valence-electron chi connectivity index (χ4n) is 4.94. The third-order valence-corrected chi connectivity index (χ3v) is 6.55. The lowest BCUT2D eigenvalue weighted by atomic mass is 9.84. The van der Waals surface area contributed by atoms with Crippen LogP contribution in [0.1, 0.15) is 74.8 Å². The third kappa shape index (κ3) is 3.28. The molecule has 4 rings (SSSR count). The van der Waals surface area contributed by atoms with Crippen LogP contribution in [0.15, 0.2) is 48.1 Å². The molecule has 0 heterocycles. The summed E-state index contributed by atoms with van der Waals surface area (Å²) in [5.74, 6) is 0.560. The van der Waals surface area contributed by atoms with Gasteiger partial charge in [0, 0.05) is 5.92 Å². The highest BCUT2D eigenvalue weighted by atomic mass is 14.3. The lowest BCUT2D eigenvalue weighted by Crippen LogP contribution is -2.06. The number of fused-ring (bicyclic) bond motifs is 3. The molecule has 1 atom stereocenters. The molecule has 0 nitrogen and oxygen atoms in total. The first kappa shape index (κ1) is 19.2. The molecule has 0 spiro atoms. The Bertz CT molecular complexity index is 976. The van der Waals surface area contributed by atoms with Gasteiger partial charge in [0.05, 0.1) is 0 Å². The molecule has 0 saturated heterocycles. The van der Waals surface area contributed by atoms with Gasteiger partial charge in [-0.3, -0.25) is 0 Å². The maximum atomic E-state index is 2.57. The molecule has 0 heteroatoms. The molecule has 146 valence electrons. The summed E-state index contributed by atoms with van der Waals surface area (Å²) in [6.45, 7) is 13.8. The van der Waals surface area contributed by atoms with Gasteiger partial charge in [0.15, 0.2) is 0 Å². The molecule has 0 amide bonds. The van der Waals surface area contributed by atoms with Crippen molar-refractivity contribution in [1.82, 2.24) is 0 Å². The molecule has 0 N–H and O–H groups in total. The second-order valence-corrected chi connectivity index (χ2v) is 9.84. The molecule has 2 aromatic rings. The lowest BCUT2D eigenvalue weighted by molar-refractivity contribution is 0.514. The largest absolute Gasteiger partial charge is 0.0732 e. The molecule has 0 fully saturated rings. The van der Waals surface area contributed by atoms with Crippen molar-refractivity contribution < 1.29 is 0 Å². The van der Waals surface area contributed by atoms with Gasteiger partial charge in [-0.25, -0.2) is 0 Å². The van der Waals surface area contributed by atoms with Crippen LogP contribution in [0.25, 0.3) is 16.7 Å². The van der Waals surface area contributed by atoms with E-state index in [1.165, 1.54) is 58.2 Å². The Hall–Kier alpha value is -2.08. The Morgan fingerprint density at radius 1 is 1.00 bits per heavy atom. The molecule has 2 aromatic carbocycles. The van der Waals surface area contributed by atoms with Gasteiger partial charge in [-0.2, -0.15) is 0 Å². The summed E-state index contributed by atoms with van der Waals surface area (Å²) in [4.78, 5) is 0. The van der Waals surface area contributed by atoms with Crippen molar-refractivity contribution in [3.05, 3.63) is 75.9 Å². The van der Waals surface area contributed by atoms with E-state index in [2.05, 4.69) is 84.0 Å². The fraction of sp³-hybridized carbons (Fsp3) is 0.429. The minimum absolute atomic E-state index is 0.206. The van der Waals surface area contributed by atoms with Crippen molar-refractivity contribution in [3.63, 3.8) is 0 Å². The molecule has 0 radical (unpaired) electrons. The highest BCUT2D eigenvalue weighted by molar-refractivity contribution is 5.87. The van der Waals surface area contributed by atoms with Crippen LogP contribution in [0.2, 0.25) is 0 Å². The van der Waals surface area contributed by atoms with Crippen molar-refractivity contribution in [1.29, 1.82) is 0 Å². The van der Waals surface area contributed by atoms with Gasteiger partial charge in [-0.05, 0) is 76.6 Å². The number of hydrogen-bond donors (Lipinski definition) is 0. The van der Waals surface area contributed by atoms with E-state index < -0.39 is 0 Å². The van der Waals surface area contributed by atoms with E-state index in [1.54, 1.807) is 11.1 Å². The highest BCUT2D eigenvalue weighted by Gasteiger charge is 2.30. The Morgan fingerprint density at radius 2 is 1.75 bits per heavy atom. The molecule has 28 heavy (non-hydrogen) atoms. The molecular formula is C28H34.